The average Bonchev–Trinajstić information content (AvgIpc) is 2.81. The third-order valence-electron chi connectivity index (χ3n) is 6.58. The Labute approximate surface area is 215 Å². The Hall–Kier alpha value is -1.85. The number of aliphatic imine (C=N–C) groups is 1. The van der Waals surface area contributed by atoms with E-state index in [9.17, 15) is 4.79 Å². The minimum absolute atomic E-state index is 0.0161. The maximum absolute atomic E-state index is 13.6. The van der Waals surface area contributed by atoms with Gasteiger partial charge < -0.3 is 10.3 Å². The fourth-order valence-corrected chi connectivity index (χ4v) is 5.39. The van der Waals surface area contributed by atoms with E-state index in [1.54, 1.807) is 18.2 Å². The molecule has 2 atom stereocenters. The SMILES string of the molecule is CCCCNC(CC)CN=C1CC(c2ccc(Cl)cc2Cl)Cc2[nH]c3ccc(Cl)cc3c(=O)c21. The molecular formula is C27H30Cl3N3O. The molecule has 1 aliphatic rings. The van der Waals surface area contributed by atoms with Gasteiger partial charge in [-0.3, -0.25) is 9.79 Å². The number of rotatable bonds is 8. The Balaban J connectivity index is 1.77. The number of aromatic nitrogens is 1. The number of nitrogens with one attached hydrogen (secondary N) is 2. The highest BCUT2D eigenvalue weighted by Crippen LogP contribution is 2.36. The Kier molecular flexibility index (Phi) is 8.36. The molecule has 2 unspecified atom stereocenters. The lowest BCUT2D eigenvalue weighted by molar-refractivity contribution is 0.496. The first-order valence-electron chi connectivity index (χ1n) is 12.0. The standard InChI is InChI=1S/C27H30Cl3N3O/c1-3-5-10-31-19(4-2)15-32-24-11-16(20-8-6-18(29)14-22(20)30)12-25-26(24)27(34)21-13-17(28)7-9-23(21)33-25/h6-9,13-14,16,19,31H,3-5,10-12,15H2,1-2H3,(H,33,34). The van der Waals surface area contributed by atoms with E-state index in [2.05, 4.69) is 24.1 Å². The van der Waals surface area contributed by atoms with Gasteiger partial charge in [0.1, 0.15) is 0 Å². The van der Waals surface area contributed by atoms with Crippen LogP contribution in [0.5, 0.6) is 0 Å². The van der Waals surface area contributed by atoms with Gasteiger partial charge in [0.25, 0.3) is 0 Å². The van der Waals surface area contributed by atoms with Crippen molar-refractivity contribution in [2.24, 2.45) is 4.99 Å². The van der Waals surface area contributed by atoms with Crippen LogP contribution in [0.4, 0.5) is 0 Å². The molecule has 1 aliphatic carbocycles. The van der Waals surface area contributed by atoms with Crippen LogP contribution in [0, 0.1) is 0 Å². The van der Waals surface area contributed by atoms with E-state index in [0.29, 0.717) is 45.4 Å². The van der Waals surface area contributed by atoms with Crippen molar-refractivity contribution in [3.05, 3.63) is 78.5 Å². The molecule has 0 radical (unpaired) electrons. The number of aromatic amines is 1. The lowest BCUT2D eigenvalue weighted by Crippen LogP contribution is -2.34. The second-order valence-electron chi connectivity index (χ2n) is 8.97. The summed E-state index contributed by atoms with van der Waals surface area (Å²) in [6, 6.07) is 11.3. The molecule has 0 amide bonds. The molecule has 34 heavy (non-hydrogen) atoms. The van der Waals surface area contributed by atoms with E-state index in [1.807, 2.05) is 18.2 Å². The predicted molar refractivity (Wildman–Crippen MR) is 145 cm³/mol. The van der Waals surface area contributed by atoms with Gasteiger partial charge in [0.05, 0.1) is 12.1 Å². The van der Waals surface area contributed by atoms with E-state index in [4.69, 9.17) is 39.8 Å². The summed E-state index contributed by atoms with van der Waals surface area (Å²) in [5.41, 5.74) is 4.19. The summed E-state index contributed by atoms with van der Waals surface area (Å²) in [6.45, 7) is 5.95. The molecule has 0 fully saturated rings. The number of pyridine rings is 1. The summed E-state index contributed by atoms with van der Waals surface area (Å²) < 4.78 is 0. The van der Waals surface area contributed by atoms with Crippen molar-refractivity contribution in [3.8, 4) is 0 Å². The number of hydrogen-bond acceptors (Lipinski definition) is 3. The topological polar surface area (TPSA) is 57.2 Å². The van der Waals surface area contributed by atoms with Crippen LogP contribution in [-0.2, 0) is 6.42 Å². The molecule has 0 spiro atoms. The Bertz CT molecular complexity index is 1270. The maximum atomic E-state index is 13.6. The number of halogens is 3. The number of hydrogen-bond donors (Lipinski definition) is 2. The monoisotopic (exact) mass is 517 g/mol. The van der Waals surface area contributed by atoms with E-state index < -0.39 is 0 Å². The zero-order valence-electron chi connectivity index (χ0n) is 19.6. The highest BCUT2D eigenvalue weighted by Gasteiger charge is 2.30. The number of benzene rings is 2. The number of H-pyrrole nitrogens is 1. The molecule has 2 N–H and O–H groups in total. The Morgan fingerprint density at radius 1 is 1.09 bits per heavy atom. The van der Waals surface area contributed by atoms with Crippen LogP contribution in [0.2, 0.25) is 15.1 Å². The lowest BCUT2D eigenvalue weighted by atomic mass is 9.80. The molecule has 180 valence electrons. The smallest absolute Gasteiger partial charge is 0.198 e. The van der Waals surface area contributed by atoms with E-state index >= 15 is 0 Å². The minimum Gasteiger partial charge on any atom is -0.358 e. The summed E-state index contributed by atoms with van der Waals surface area (Å²) in [5.74, 6) is 0.101. The van der Waals surface area contributed by atoms with Gasteiger partial charge in [-0.15, -0.1) is 0 Å². The molecule has 4 nitrogen and oxygen atoms in total. The predicted octanol–water partition coefficient (Wildman–Crippen LogP) is 7.18. The Morgan fingerprint density at radius 3 is 2.59 bits per heavy atom. The summed E-state index contributed by atoms with van der Waals surface area (Å²) >= 11 is 18.9. The fourth-order valence-electron chi connectivity index (χ4n) is 4.66. The van der Waals surface area contributed by atoms with Crippen molar-refractivity contribution in [1.82, 2.24) is 10.3 Å². The van der Waals surface area contributed by atoms with Gasteiger partial charge in [0, 0.05) is 43.4 Å². The second-order valence-corrected chi connectivity index (χ2v) is 10.2. The Morgan fingerprint density at radius 2 is 1.85 bits per heavy atom. The minimum atomic E-state index is -0.0161. The van der Waals surface area contributed by atoms with E-state index in [0.717, 1.165) is 48.3 Å². The van der Waals surface area contributed by atoms with Gasteiger partial charge in [0.15, 0.2) is 5.43 Å². The second kappa shape index (κ2) is 11.3. The van der Waals surface area contributed by atoms with Crippen molar-refractivity contribution >= 4 is 51.4 Å². The molecule has 7 heteroatoms. The van der Waals surface area contributed by atoms with Gasteiger partial charge in [-0.05, 0) is 74.0 Å². The first kappa shape index (κ1) is 25.2. The molecule has 0 saturated heterocycles. The van der Waals surface area contributed by atoms with Gasteiger partial charge in [-0.1, -0.05) is 61.1 Å². The zero-order valence-corrected chi connectivity index (χ0v) is 21.8. The maximum Gasteiger partial charge on any atom is 0.198 e. The molecule has 0 aliphatic heterocycles. The van der Waals surface area contributed by atoms with Crippen molar-refractivity contribution in [2.45, 2.75) is 57.9 Å². The van der Waals surface area contributed by atoms with E-state index in [-0.39, 0.29) is 17.4 Å². The number of unbranched alkanes of at least 4 members (excludes halogenated alkanes) is 1. The van der Waals surface area contributed by atoms with Crippen LogP contribution in [0.15, 0.2) is 46.2 Å². The summed E-state index contributed by atoms with van der Waals surface area (Å²) in [4.78, 5) is 22.1. The summed E-state index contributed by atoms with van der Waals surface area (Å²) in [7, 11) is 0. The average molecular weight is 519 g/mol. The normalized spacial score (nSPS) is 17.8. The quantitative estimate of drug-likeness (QED) is 0.310. The van der Waals surface area contributed by atoms with Crippen LogP contribution in [0.3, 0.4) is 0 Å². The van der Waals surface area contributed by atoms with Gasteiger partial charge in [-0.2, -0.15) is 0 Å². The molecule has 4 rings (SSSR count). The fraction of sp³-hybridized carbons (Fsp3) is 0.407. The van der Waals surface area contributed by atoms with Crippen LogP contribution in [0.1, 0.15) is 62.3 Å². The highest BCUT2D eigenvalue weighted by molar-refractivity contribution is 6.35. The van der Waals surface area contributed by atoms with Crippen molar-refractivity contribution in [2.75, 3.05) is 13.1 Å². The first-order chi connectivity index (χ1) is 16.4. The van der Waals surface area contributed by atoms with E-state index in [1.165, 1.54) is 0 Å². The third-order valence-corrected chi connectivity index (χ3v) is 7.38. The molecule has 0 bridgehead atoms. The van der Waals surface area contributed by atoms with Gasteiger partial charge >= 0.3 is 0 Å². The molecule has 2 aromatic carbocycles. The van der Waals surface area contributed by atoms with Gasteiger partial charge in [0.2, 0.25) is 0 Å². The van der Waals surface area contributed by atoms with Gasteiger partial charge in [-0.25, -0.2) is 0 Å². The van der Waals surface area contributed by atoms with Crippen molar-refractivity contribution < 1.29 is 0 Å². The van der Waals surface area contributed by atoms with Crippen LogP contribution in [0.25, 0.3) is 10.9 Å². The van der Waals surface area contributed by atoms with Crippen LogP contribution in [-0.4, -0.2) is 29.8 Å². The summed E-state index contributed by atoms with van der Waals surface area (Å²) in [5, 5.41) is 5.99. The molecule has 1 aromatic heterocycles. The van der Waals surface area contributed by atoms with Crippen molar-refractivity contribution in [1.29, 1.82) is 0 Å². The van der Waals surface area contributed by atoms with Crippen molar-refractivity contribution in [3.63, 3.8) is 0 Å². The van der Waals surface area contributed by atoms with Crippen LogP contribution < -0.4 is 10.7 Å². The first-order valence-corrected chi connectivity index (χ1v) is 13.1. The highest BCUT2D eigenvalue weighted by atomic mass is 35.5. The van der Waals surface area contributed by atoms with Crippen LogP contribution >= 0.6 is 34.8 Å². The molecular weight excluding hydrogens is 489 g/mol. The molecule has 3 aromatic rings. The summed E-state index contributed by atoms with van der Waals surface area (Å²) in [6.07, 6.45) is 4.59. The zero-order chi connectivity index (χ0) is 24.2. The molecule has 1 heterocycles. The third kappa shape index (κ3) is 5.52. The largest absolute Gasteiger partial charge is 0.358 e. The number of fused-ring (bicyclic) bond motifs is 2. The lowest BCUT2D eigenvalue weighted by Gasteiger charge is -2.27. The number of nitrogens with zero attached hydrogens (tertiary/aromatic N) is 1. The molecule has 0 saturated carbocycles.